The zero-order valence-corrected chi connectivity index (χ0v) is 17.7. The zero-order valence-electron chi connectivity index (χ0n) is 17.7. The number of carboxylic acids is 1. The molecule has 2 aromatic rings. The molecule has 2 amide bonds. The Hall–Kier alpha value is -4.08. The number of carbonyl (C=O) groups excluding carboxylic acids is 2. The van der Waals surface area contributed by atoms with Gasteiger partial charge in [0.25, 0.3) is 0 Å². The third kappa shape index (κ3) is 7.98. The highest BCUT2D eigenvalue weighted by Gasteiger charge is 2.18. The summed E-state index contributed by atoms with van der Waals surface area (Å²) in [6.45, 7) is 1.41. The smallest absolute Gasteiger partial charge is 0.407 e. The van der Waals surface area contributed by atoms with Crippen molar-refractivity contribution in [2.45, 2.75) is 19.4 Å². The van der Waals surface area contributed by atoms with Crippen LogP contribution in [-0.4, -0.2) is 49.6 Å². The van der Waals surface area contributed by atoms with Crippen LogP contribution in [0.5, 0.6) is 11.5 Å². The molecule has 2 rings (SSSR count). The molecule has 0 saturated heterocycles. The van der Waals surface area contributed by atoms with E-state index in [0.29, 0.717) is 11.3 Å². The van der Waals surface area contributed by atoms with Crippen molar-refractivity contribution < 1.29 is 33.7 Å². The van der Waals surface area contributed by atoms with E-state index in [-0.39, 0.29) is 18.8 Å². The zero-order chi connectivity index (χ0) is 23.3. The summed E-state index contributed by atoms with van der Waals surface area (Å²) in [7, 11) is 1.42. The first-order valence-electron chi connectivity index (χ1n) is 9.75. The second-order valence-electron chi connectivity index (χ2n) is 6.42. The van der Waals surface area contributed by atoms with Crippen molar-refractivity contribution in [1.82, 2.24) is 10.7 Å². The standard InChI is InChI=1S/C22H25N3O7/c1-3-31-22(29)24-17(16-7-5-4-6-8-16)12-20(26)25-23-13-15-9-10-18(19(11-15)30-2)32-14-21(27)28/h4-11,13,17H,3,12,14H2,1-2H3,(H,24,29)(H,25,26)(H,27,28)/b23-13-/t17-/m0/s1. The number of carbonyl (C=O) groups is 3. The molecule has 0 bridgehead atoms. The van der Waals surface area contributed by atoms with Crippen molar-refractivity contribution in [1.29, 1.82) is 0 Å². The van der Waals surface area contributed by atoms with Crippen LogP contribution in [0.15, 0.2) is 53.6 Å². The molecule has 10 heteroatoms. The summed E-state index contributed by atoms with van der Waals surface area (Å²) in [6.07, 6.45) is 0.735. The van der Waals surface area contributed by atoms with Crippen LogP contribution in [0, 0.1) is 0 Å². The molecular weight excluding hydrogens is 418 g/mol. The number of hydrogen-bond donors (Lipinski definition) is 3. The quantitative estimate of drug-likeness (QED) is 0.359. The molecule has 0 aliphatic heterocycles. The molecule has 170 valence electrons. The van der Waals surface area contributed by atoms with Crippen LogP contribution in [0.3, 0.4) is 0 Å². The average Bonchev–Trinajstić information content (AvgIpc) is 2.78. The summed E-state index contributed by atoms with van der Waals surface area (Å²) in [4.78, 5) is 34.8. The van der Waals surface area contributed by atoms with Crippen LogP contribution < -0.4 is 20.2 Å². The first-order valence-corrected chi connectivity index (χ1v) is 9.75. The highest BCUT2D eigenvalue weighted by Crippen LogP contribution is 2.27. The topological polar surface area (TPSA) is 136 Å². The number of rotatable bonds is 11. The number of carboxylic acid groups (broad SMARTS) is 1. The number of aliphatic carboxylic acids is 1. The fraction of sp³-hybridized carbons (Fsp3) is 0.273. The number of amides is 2. The molecular formula is C22H25N3O7. The largest absolute Gasteiger partial charge is 0.493 e. The first-order chi connectivity index (χ1) is 15.4. The van der Waals surface area contributed by atoms with Gasteiger partial charge in [0.2, 0.25) is 5.91 Å². The fourth-order valence-electron chi connectivity index (χ4n) is 2.69. The number of benzene rings is 2. The molecule has 2 aromatic carbocycles. The van der Waals surface area contributed by atoms with E-state index >= 15 is 0 Å². The molecule has 0 aromatic heterocycles. The maximum Gasteiger partial charge on any atom is 0.407 e. The van der Waals surface area contributed by atoms with Crippen molar-refractivity contribution in [3.8, 4) is 11.5 Å². The van der Waals surface area contributed by atoms with E-state index in [0.717, 1.165) is 5.56 Å². The molecule has 0 radical (unpaired) electrons. The third-order valence-corrected chi connectivity index (χ3v) is 4.10. The highest BCUT2D eigenvalue weighted by molar-refractivity contribution is 5.83. The van der Waals surface area contributed by atoms with E-state index in [1.165, 1.54) is 13.3 Å². The molecule has 3 N–H and O–H groups in total. The summed E-state index contributed by atoms with van der Waals surface area (Å²) >= 11 is 0. The Bertz CT molecular complexity index is 948. The Labute approximate surface area is 185 Å². The Morgan fingerprint density at radius 2 is 1.88 bits per heavy atom. The second-order valence-corrected chi connectivity index (χ2v) is 6.42. The molecule has 0 aliphatic carbocycles. The molecule has 1 atom stereocenters. The number of nitrogens with zero attached hydrogens (tertiary/aromatic N) is 1. The van der Waals surface area contributed by atoms with Crippen molar-refractivity contribution in [3.63, 3.8) is 0 Å². The van der Waals surface area contributed by atoms with Gasteiger partial charge in [0.1, 0.15) is 0 Å². The Morgan fingerprint density at radius 3 is 2.53 bits per heavy atom. The van der Waals surface area contributed by atoms with E-state index in [1.54, 1.807) is 37.3 Å². The molecule has 0 saturated carbocycles. The van der Waals surface area contributed by atoms with Gasteiger partial charge in [-0.15, -0.1) is 0 Å². The maximum absolute atomic E-state index is 12.4. The molecule has 10 nitrogen and oxygen atoms in total. The molecule has 0 heterocycles. The number of methoxy groups -OCH3 is 1. The summed E-state index contributed by atoms with van der Waals surface area (Å²) in [5.41, 5.74) is 3.76. The van der Waals surface area contributed by atoms with Gasteiger partial charge in [-0.2, -0.15) is 5.10 Å². The maximum atomic E-state index is 12.4. The summed E-state index contributed by atoms with van der Waals surface area (Å²) in [5.74, 6) is -0.928. The van der Waals surface area contributed by atoms with E-state index in [4.69, 9.17) is 19.3 Å². The lowest BCUT2D eigenvalue weighted by atomic mass is 10.0. The molecule has 0 aliphatic rings. The van der Waals surface area contributed by atoms with Crippen molar-refractivity contribution in [3.05, 3.63) is 59.7 Å². The molecule has 0 spiro atoms. The Balaban J connectivity index is 2.00. The van der Waals surface area contributed by atoms with Gasteiger partial charge < -0.3 is 24.6 Å². The summed E-state index contributed by atoms with van der Waals surface area (Å²) < 4.78 is 15.2. The Kier molecular flexibility index (Phi) is 9.51. The van der Waals surface area contributed by atoms with Crippen LogP contribution in [0.25, 0.3) is 0 Å². The van der Waals surface area contributed by atoms with Crippen molar-refractivity contribution in [2.24, 2.45) is 5.10 Å². The summed E-state index contributed by atoms with van der Waals surface area (Å²) in [5, 5.41) is 15.3. The number of nitrogens with one attached hydrogen (secondary N) is 2. The molecule has 0 unspecified atom stereocenters. The van der Waals surface area contributed by atoms with Gasteiger partial charge in [-0.05, 0) is 36.2 Å². The van der Waals surface area contributed by atoms with Crippen LogP contribution >= 0.6 is 0 Å². The second kappa shape index (κ2) is 12.6. The van der Waals surface area contributed by atoms with Gasteiger partial charge in [0.15, 0.2) is 18.1 Å². The monoisotopic (exact) mass is 443 g/mol. The minimum absolute atomic E-state index is 0.0501. The van der Waals surface area contributed by atoms with Crippen molar-refractivity contribution >= 4 is 24.2 Å². The van der Waals surface area contributed by atoms with Crippen molar-refractivity contribution in [2.75, 3.05) is 20.3 Å². The predicted molar refractivity (Wildman–Crippen MR) is 116 cm³/mol. The van der Waals surface area contributed by atoms with E-state index in [2.05, 4.69) is 15.8 Å². The van der Waals surface area contributed by atoms with Crippen LogP contribution in [-0.2, 0) is 14.3 Å². The SMILES string of the molecule is CCOC(=O)N[C@@H](CC(=O)N/N=C\c1ccc(OCC(=O)O)c(OC)c1)c1ccccc1. The lowest BCUT2D eigenvalue weighted by molar-refractivity contribution is -0.139. The van der Waals surface area contributed by atoms with E-state index in [9.17, 15) is 14.4 Å². The number of alkyl carbamates (subject to hydrolysis) is 1. The van der Waals surface area contributed by atoms with Gasteiger partial charge in [-0.25, -0.2) is 15.0 Å². The third-order valence-electron chi connectivity index (χ3n) is 4.10. The lowest BCUT2D eigenvalue weighted by Crippen LogP contribution is -2.33. The fourth-order valence-corrected chi connectivity index (χ4v) is 2.69. The van der Waals surface area contributed by atoms with Gasteiger partial charge in [0.05, 0.1) is 32.4 Å². The van der Waals surface area contributed by atoms with Gasteiger partial charge in [-0.1, -0.05) is 30.3 Å². The van der Waals surface area contributed by atoms with Gasteiger partial charge >= 0.3 is 12.1 Å². The van der Waals surface area contributed by atoms with E-state index < -0.39 is 30.6 Å². The molecule has 0 fully saturated rings. The van der Waals surface area contributed by atoms with Crippen LogP contribution in [0.2, 0.25) is 0 Å². The minimum atomic E-state index is -1.10. The van der Waals surface area contributed by atoms with Gasteiger partial charge in [-0.3, -0.25) is 4.79 Å². The first kappa shape index (κ1) is 24.2. The predicted octanol–water partition coefficient (Wildman–Crippen LogP) is 2.49. The van der Waals surface area contributed by atoms with Gasteiger partial charge in [0, 0.05) is 0 Å². The number of ether oxygens (including phenoxy) is 3. The Morgan fingerprint density at radius 1 is 1.12 bits per heavy atom. The number of hydrogen-bond acceptors (Lipinski definition) is 7. The van der Waals surface area contributed by atoms with E-state index in [1.807, 2.05) is 18.2 Å². The minimum Gasteiger partial charge on any atom is -0.493 e. The van der Waals surface area contributed by atoms with Crippen LogP contribution in [0.1, 0.15) is 30.5 Å². The average molecular weight is 443 g/mol. The summed E-state index contributed by atoms with van der Waals surface area (Å²) in [6, 6.07) is 13.2. The lowest BCUT2D eigenvalue weighted by Gasteiger charge is -2.18. The molecule has 32 heavy (non-hydrogen) atoms. The number of hydrazone groups is 1. The highest BCUT2D eigenvalue weighted by atomic mass is 16.5. The normalized spacial score (nSPS) is 11.4. The van der Waals surface area contributed by atoms with Crippen LogP contribution in [0.4, 0.5) is 4.79 Å².